The molecule has 0 aliphatic carbocycles. The van der Waals surface area contributed by atoms with Gasteiger partial charge in [0.1, 0.15) is 0 Å². The highest BCUT2D eigenvalue weighted by molar-refractivity contribution is 6.11. The lowest BCUT2D eigenvalue weighted by atomic mass is 10.0. The van der Waals surface area contributed by atoms with E-state index in [2.05, 4.69) is 62.8 Å². The molecule has 0 saturated carbocycles. The van der Waals surface area contributed by atoms with E-state index in [0.717, 1.165) is 77.0 Å². The Morgan fingerprint density at radius 2 is 0.833 bits per heavy atom. The number of hydrogen-bond donors (Lipinski definition) is 4. The number of guanidine groups is 2. The Kier molecular flexibility index (Phi) is 20.5. The van der Waals surface area contributed by atoms with Crippen molar-refractivity contribution in [1.82, 2.24) is 5.32 Å². The van der Waals surface area contributed by atoms with E-state index in [1.165, 1.54) is 0 Å². The Morgan fingerprint density at radius 1 is 0.517 bits per heavy atom. The van der Waals surface area contributed by atoms with Gasteiger partial charge in [-0.1, -0.05) is 99.3 Å². The number of hydrogen-bond acceptors (Lipinski definition) is 12. The van der Waals surface area contributed by atoms with Gasteiger partial charge in [-0.2, -0.15) is 0 Å². The third-order valence-electron chi connectivity index (χ3n) is 10.9. The van der Waals surface area contributed by atoms with Crippen molar-refractivity contribution in [3.05, 3.63) is 89.5 Å². The number of carbonyl (C=O) groups is 3. The third-order valence-corrected chi connectivity index (χ3v) is 10.9. The molecule has 4 rings (SSSR count). The minimum Gasteiger partial charge on any atom is -0.462 e. The molecule has 3 unspecified atom stereocenters. The molecule has 0 aromatic heterocycles. The van der Waals surface area contributed by atoms with Gasteiger partial charge < -0.3 is 30.2 Å². The summed E-state index contributed by atoms with van der Waals surface area (Å²) < 4.78 is 16.9. The Balaban J connectivity index is 1.45. The summed E-state index contributed by atoms with van der Waals surface area (Å²) in [6, 6.07) is 21.1. The molecule has 1 heterocycles. The number of esters is 3. The van der Waals surface area contributed by atoms with Crippen LogP contribution >= 0.6 is 0 Å². The van der Waals surface area contributed by atoms with Gasteiger partial charge in [0.15, 0.2) is 0 Å². The van der Waals surface area contributed by atoms with E-state index in [1.54, 1.807) is 72.8 Å². The molecule has 0 radical (unpaired) electrons. The molecule has 3 aromatic rings. The number of unbranched alkanes of at least 4 members (excludes halogenated alkanes) is 3. The van der Waals surface area contributed by atoms with E-state index in [-0.39, 0.29) is 17.9 Å². The number of benzene rings is 3. The fourth-order valence-corrected chi connectivity index (χ4v) is 6.67. The van der Waals surface area contributed by atoms with Gasteiger partial charge in [-0.3, -0.25) is 5.32 Å². The van der Waals surface area contributed by atoms with Crippen LogP contribution in [-0.4, -0.2) is 55.9 Å². The first-order chi connectivity index (χ1) is 29.2. The summed E-state index contributed by atoms with van der Waals surface area (Å²) in [5.74, 6) is 0.822. The van der Waals surface area contributed by atoms with Gasteiger partial charge in [0.25, 0.3) is 0 Å². The zero-order valence-corrected chi connectivity index (χ0v) is 36.7. The number of carbonyl (C=O) groups excluding carboxylic acids is 3. The first kappa shape index (κ1) is 47.3. The second-order valence-electron chi connectivity index (χ2n) is 15.6. The molecule has 12 heteroatoms. The van der Waals surface area contributed by atoms with Crippen LogP contribution in [0.1, 0.15) is 150 Å². The summed E-state index contributed by atoms with van der Waals surface area (Å²) in [5, 5.41) is 13.1. The summed E-state index contributed by atoms with van der Waals surface area (Å²) in [6.45, 7) is 14.1. The number of anilines is 3. The Bertz CT molecular complexity index is 1720. The van der Waals surface area contributed by atoms with Crippen molar-refractivity contribution in [2.24, 2.45) is 27.7 Å². The molecule has 0 spiro atoms. The molecule has 1 aliphatic heterocycles. The van der Waals surface area contributed by atoms with Crippen LogP contribution in [0.3, 0.4) is 0 Å². The lowest BCUT2D eigenvalue weighted by Gasteiger charge is -2.24. The van der Waals surface area contributed by atoms with Crippen LogP contribution in [0, 0.1) is 17.8 Å². The maximum atomic E-state index is 12.8. The molecule has 12 nitrogen and oxygen atoms in total. The molecule has 0 saturated heterocycles. The summed E-state index contributed by atoms with van der Waals surface area (Å²) in [6.07, 6.45) is 12.0. The molecule has 0 amide bonds. The van der Waals surface area contributed by atoms with Crippen LogP contribution in [0.4, 0.5) is 17.1 Å². The van der Waals surface area contributed by atoms with E-state index in [0.29, 0.717) is 83.2 Å². The minimum atomic E-state index is -0.764. The smallest absolute Gasteiger partial charge is 0.338 e. The van der Waals surface area contributed by atoms with Gasteiger partial charge in [-0.25, -0.2) is 24.4 Å². The largest absolute Gasteiger partial charge is 0.462 e. The normalized spacial score (nSPS) is 15.0. The van der Waals surface area contributed by atoms with E-state index in [9.17, 15) is 14.4 Å². The summed E-state index contributed by atoms with van der Waals surface area (Å²) >= 11 is 0. The number of nitrogens with zero attached hydrogens (tertiary/aromatic N) is 2. The third kappa shape index (κ3) is 16.0. The highest BCUT2D eigenvalue weighted by atomic mass is 16.5. The first-order valence-electron chi connectivity index (χ1n) is 22.2. The molecule has 1 aliphatic rings. The number of rotatable bonds is 25. The predicted octanol–water partition coefficient (Wildman–Crippen LogP) is 11.0. The van der Waals surface area contributed by atoms with Crippen LogP contribution in [0.5, 0.6) is 0 Å². The maximum Gasteiger partial charge on any atom is 0.338 e. The summed E-state index contributed by atoms with van der Waals surface area (Å²) in [4.78, 5) is 48.0. The molecule has 326 valence electrons. The Labute approximate surface area is 357 Å². The molecule has 0 fully saturated rings. The molecule has 3 atom stereocenters. The fraction of sp³-hybridized carbons (Fsp3) is 0.521. The van der Waals surface area contributed by atoms with Crippen molar-refractivity contribution in [1.29, 1.82) is 0 Å². The molecule has 0 bridgehead atoms. The number of aliphatic imine (C=N–C) groups is 2. The second-order valence-corrected chi connectivity index (χ2v) is 15.6. The van der Waals surface area contributed by atoms with Crippen molar-refractivity contribution in [2.45, 2.75) is 125 Å². The van der Waals surface area contributed by atoms with E-state index in [1.807, 2.05) is 0 Å². The first-order valence-corrected chi connectivity index (χ1v) is 22.2. The molecule has 60 heavy (non-hydrogen) atoms. The van der Waals surface area contributed by atoms with E-state index >= 15 is 0 Å². The van der Waals surface area contributed by atoms with Crippen molar-refractivity contribution < 1.29 is 28.6 Å². The predicted molar refractivity (Wildman–Crippen MR) is 243 cm³/mol. The number of ether oxygens (including phenoxy) is 3. The van der Waals surface area contributed by atoms with Crippen LogP contribution in [0.15, 0.2) is 82.8 Å². The van der Waals surface area contributed by atoms with Crippen LogP contribution in [-0.2, 0) is 14.2 Å². The van der Waals surface area contributed by atoms with Gasteiger partial charge in [-0.05, 0) is 110 Å². The van der Waals surface area contributed by atoms with Crippen molar-refractivity contribution in [2.75, 3.05) is 35.8 Å². The van der Waals surface area contributed by atoms with Crippen molar-refractivity contribution >= 4 is 46.9 Å². The quantitative estimate of drug-likeness (QED) is 0.0480. The van der Waals surface area contributed by atoms with Crippen molar-refractivity contribution in [3.8, 4) is 0 Å². The second kappa shape index (κ2) is 26.0. The van der Waals surface area contributed by atoms with Gasteiger partial charge in [-0.15, -0.1) is 0 Å². The highest BCUT2D eigenvalue weighted by Gasteiger charge is 2.20. The van der Waals surface area contributed by atoms with E-state index < -0.39 is 6.29 Å². The Hall–Kier alpha value is -5.39. The lowest BCUT2D eigenvalue weighted by molar-refractivity contribution is 0.0419. The zero-order valence-electron chi connectivity index (χ0n) is 36.7. The molecule has 3 aromatic carbocycles. The lowest BCUT2D eigenvalue weighted by Crippen LogP contribution is -2.45. The number of nitrogens with one attached hydrogen (secondary N) is 4. The average molecular weight is 825 g/mol. The van der Waals surface area contributed by atoms with Gasteiger partial charge in [0.05, 0.1) is 36.5 Å². The van der Waals surface area contributed by atoms with Gasteiger partial charge in [0.2, 0.25) is 18.2 Å². The van der Waals surface area contributed by atoms with E-state index in [4.69, 9.17) is 24.2 Å². The minimum absolute atomic E-state index is 0.347. The van der Waals surface area contributed by atoms with Gasteiger partial charge >= 0.3 is 17.9 Å². The maximum absolute atomic E-state index is 12.8. The topological polar surface area (TPSA) is 152 Å². The fourth-order valence-electron chi connectivity index (χ4n) is 6.67. The molecular weight excluding hydrogens is 757 g/mol. The van der Waals surface area contributed by atoms with Crippen molar-refractivity contribution in [3.63, 3.8) is 0 Å². The standard InChI is InChI=1S/C48H68N6O6/c1-7-13-16-34(10-4)31-58-43(55)37-19-25-40(26-20-37)49-46-52-47(50-41-27-21-38(22-28-41)44(56)59-32-35(11-5)17-14-8-2)54-48(53-46)51-42-29-23-39(24-30-42)45(57)60-33-36(12-6)18-15-9-3/h19-30,34-36,46,49H,7-18,31-33H2,1-6H3,(H3,50,51,52,53,54). The monoisotopic (exact) mass is 825 g/mol. The SMILES string of the molecule is CCCCC(CC)COC(=O)c1ccc(NC2=NC(Nc3ccc(C(=O)OCC(CC)CCCC)cc3)N=C(Nc3ccc(C(=O)OCC(CC)CCCC)cc3)N2)cc1. The zero-order chi connectivity index (χ0) is 43.1. The highest BCUT2D eigenvalue weighted by Crippen LogP contribution is 2.20. The molecule has 4 N–H and O–H groups in total. The average Bonchev–Trinajstić information content (AvgIpc) is 3.27. The van der Waals surface area contributed by atoms with Crippen LogP contribution in [0.2, 0.25) is 0 Å². The van der Waals surface area contributed by atoms with Crippen LogP contribution < -0.4 is 21.3 Å². The summed E-state index contributed by atoms with van der Waals surface area (Å²) in [7, 11) is 0. The van der Waals surface area contributed by atoms with Gasteiger partial charge in [0, 0.05) is 17.1 Å². The van der Waals surface area contributed by atoms with Crippen LogP contribution in [0.25, 0.3) is 0 Å². The summed E-state index contributed by atoms with van der Waals surface area (Å²) in [5.41, 5.74) is 3.49. The Morgan fingerprint density at radius 3 is 1.13 bits per heavy atom. The molecular formula is C48H68N6O6.